The number of aryl methyl sites for hydroxylation is 1. The van der Waals surface area contributed by atoms with Gasteiger partial charge in [0.1, 0.15) is 11.4 Å². The van der Waals surface area contributed by atoms with Gasteiger partial charge >= 0.3 is 5.97 Å². The molecule has 0 saturated heterocycles. The van der Waals surface area contributed by atoms with Crippen LogP contribution in [0.4, 0.5) is 10.1 Å². The quantitative estimate of drug-likeness (QED) is 0.905. The van der Waals surface area contributed by atoms with E-state index in [0.29, 0.717) is 15.9 Å². The smallest absolute Gasteiger partial charge is 0.339 e. The number of carboxylic acids is 1. The van der Waals surface area contributed by atoms with Gasteiger partial charge < -0.3 is 10.4 Å². The predicted octanol–water partition coefficient (Wildman–Crippen LogP) is 2.63. The summed E-state index contributed by atoms with van der Waals surface area (Å²) < 4.78 is 14.9. The minimum Gasteiger partial charge on any atom is -0.478 e. The number of halogens is 2. The second-order valence-corrected chi connectivity index (χ2v) is 4.77. The van der Waals surface area contributed by atoms with Gasteiger partial charge in [-0.25, -0.2) is 9.18 Å². The lowest BCUT2D eigenvalue weighted by atomic mass is 10.2. The van der Waals surface area contributed by atoms with Gasteiger partial charge in [-0.05, 0) is 34.1 Å². The number of rotatable bonds is 4. The van der Waals surface area contributed by atoms with Crippen LogP contribution in [0.3, 0.4) is 0 Å². The molecule has 0 amide bonds. The SMILES string of the molecule is Cn1ncc(C(=O)O)c1CNc1ccc(F)c(Br)c1. The number of hydrogen-bond donors (Lipinski definition) is 2. The van der Waals surface area contributed by atoms with Crippen LogP contribution in [0.5, 0.6) is 0 Å². The number of aromatic carboxylic acids is 1. The van der Waals surface area contributed by atoms with Crippen molar-refractivity contribution in [3.8, 4) is 0 Å². The minimum atomic E-state index is -1.02. The molecule has 2 rings (SSSR count). The van der Waals surface area contributed by atoms with Crippen molar-refractivity contribution in [3.63, 3.8) is 0 Å². The molecule has 2 N–H and O–H groups in total. The summed E-state index contributed by atoms with van der Waals surface area (Å²) in [5, 5.41) is 16.0. The molecule has 0 unspecified atom stereocenters. The van der Waals surface area contributed by atoms with E-state index in [9.17, 15) is 9.18 Å². The minimum absolute atomic E-state index is 0.149. The molecule has 2 aromatic rings. The summed E-state index contributed by atoms with van der Waals surface area (Å²) in [5.74, 6) is -1.37. The zero-order chi connectivity index (χ0) is 14.0. The Bertz CT molecular complexity index is 627. The van der Waals surface area contributed by atoms with E-state index in [2.05, 4.69) is 26.3 Å². The van der Waals surface area contributed by atoms with Crippen LogP contribution in [0.2, 0.25) is 0 Å². The van der Waals surface area contributed by atoms with E-state index < -0.39 is 5.97 Å². The molecule has 0 atom stereocenters. The summed E-state index contributed by atoms with van der Waals surface area (Å²) in [5.41, 5.74) is 1.38. The van der Waals surface area contributed by atoms with Crippen molar-refractivity contribution in [2.75, 3.05) is 5.32 Å². The first-order valence-electron chi connectivity index (χ1n) is 5.42. The lowest BCUT2D eigenvalue weighted by molar-refractivity contribution is 0.0695. The predicted molar refractivity (Wildman–Crippen MR) is 71.6 cm³/mol. The van der Waals surface area contributed by atoms with E-state index >= 15 is 0 Å². The van der Waals surface area contributed by atoms with Gasteiger partial charge in [0.2, 0.25) is 0 Å². The van der Waals surface area contributed by atoms with Gasteiger partial charge in [0.05, 0.1) is 22.9 Å². The maximum Gasteiger partial charge on any atom is 0.339 e. The van der Waals surface area contributed by atoms with Gasteiger partial charge in [-0.15, -0.1) is 0 Å². The molecule has 1 aromatic heterocycles. The molecule has 1 aromatic carbocycles. The van der Waals surface area contributed by atoms with Gasteiger partial charge in [-0.3, -0.25) is 4.68 Å². The molecule has 0 aliphatic rings. The third-order valence-electron chi connectivity index (χ3n) is 2.67. The Morgan fingerprint density at radius 3 is 2.95 bits per heavy atom. The maximum atomic E-state index is 13.1. The normalized spacial score (nSPS) is 10.5. The fourth-order valence-corrected chi connectivity index (χ4v) is 2.02. The molecule has 100 valence electrons. The number of hydrogen-bond acceptors (Lipinski definition) is 3. The molecule has 7 heteroatoms. The second-order valence-electron chi connectivity index (χ2n) is 3.92. The van der Waals surface area contributed by atoms with Crippen molar-refractivity contribution >= 4 is 27.6 Å². The molecular weight excluding hydrogens is 317 g/mol. The molecule has 0 saturated carbocycles. The van der Waals surface area contributed by atoms with Crippen molar-refractivity contribution in [3.05, 3.63) is 45.9 Å². The highest BCUT2D eigenvalue weighted by Gasteiger charge is 2.14. The Hall–Kier alpha value is -1.89. The fourth-order valence-electron chi connectivity index (χ4n) is 1.64. The number of carboxylic acid groups (broad SMARTS) is 1. The van der Waals surface area contributed by atoms with E-state index in [4.69, 9.17) is 5.11 Å². The molecule has 5 nitrogen and oxygen atoms in total. The number of anilines is 1. The third kappa shape index (κ3) is 2.93. The molecule has 0 radical (unpaired) electrons. The number of aromatic nitrogens is 2. The number of carbonyl (C=O) groups is 1. The maximum absolute atomic E-state index is 13.1. The van der Waals surface area contributed by atoms with Crippen molar-refractivity contribution in [1.82, 2.24) is 9.78 Å². The Kier molecular flexibility index (Phi) is 3.84. The highest BCUT2D eigenvalue weighted by molar-refractivity contribution is 9.10. The first kappa shape index (κ1) is 13.5. The van der Waals surface area contributed by atoms with Gasteiger partial charge in [0, 0.05) is 12.7 Å². The summed E-state index contributed by atoms with van der Waals surface area (Å²) in [7, 11) is 1.67. The number of nitrogens with one attached hydrogen (secondary N) is 1. The summed E-state index contributed by atoms with van der Waals surface area (Å²) in [6.07, 6.45) is 1.31. The van der Waals surface area contributed by atoms with E-state index in [1.165, 1.54) is 16.9 Å². The van der Waals surface area contributed by atoms with Crippen molar-refractivity contribution in [1.29, 1.82) is 0 Å². The molecular formula is C12H11BrFN3O2. The van der Waals surface area contributed by atoms with Gasteiger partial charge in [0.25, 0.3) is 0 Å². The lowest BCUT2D eigenvalue weighted by Crippen LogP contribution is -2.10. The highest BCUT2D eigenvalue weighted by atomic mass is 79.9. The van der Waals surface area contributed by atoms with Crippen LogP contribution in [-0.4, -0.2) is 20.9 Å². The average molecular weight is 328 g/mol. The summed E-state index contributed by atoms with van der Waals surface area (Å²) in [6, 6.07) is 4.50. The van der Waals surface area contributed by atoms with E-state index in [-0.39, 0.29) is 17.9 Å². The Morgan fingerprint density at radius 1 is 1.58 bits per heavy atom. The first-order chi connectivity index (χ1) is 8.99. The van der Waals surface area contributed by atoms with Crippen LogP contribution in [0.25, 0.3) is 0 Å². The van der Waals surface area contributed by atoms with Gasteiger partial charge in [0.15, 0.2) is 0 Å². The van der Waals surface area contributed by atoms with Crippen LogP contribution >= 0.6 is 15.9 Å². The molecule has 0 aliphatic heterocycles. The van der Waals surface area contributed by atoms with Gasteiger partial charge in [-0.2, -0.15) is 5.10 Å². The van der Waals surface area contributed by atoms with E-state index in [0.717, 1.165) is 0 Å². The highest BCUT2D eigenvalue weighted by Crippen LogP contribution is 2.20. The number of benzene rings is 1. The largest absolute Gasteiger partial charge is 0.478 e. The molecule has 0 spiro atoms. The first-order valence-corrected chi connectivity index (χ1v) is 6.21. The zero-order valence-electron chi connectivity index (χ0n) is 10.0. The van der Waals surface area contributed by atoms with Crippen molar-refractivity contribution in [2.45, 2.75) is 6.54 Å². The van der Waals surface area contributed by atoms with Crippen LogP contribution < -0.4 is 5.32 Å². The Labute approximate surface area is 117 Å². The number of nitrogens with zero attached hydrogens (tertiary/aromatic N) is 2. The molecule has 0 fully saturated rings. The van der Waals surface area contributed by atoms with Crippen LogP contribution in [-0.2, 0) is 13.6 Å². The Morgan fingerprint density at radius 2 is 2.32 bits per heavy atom. The summed E-state index contributed by atoms with van der Waals surface area (Å²) in [4.78, 5) is 11.0. The van der Waals surface area contributed by atoms with Crippen molar-refractivity contribution < 1.29 is 14.3 Å². The molecule has 19 heavy (non-hydrogen) atoms. The lowest BCUT2D eigenvalue weighted by Gasteiger charge is -2.08. The third-order valence-corrected chi connectivity index (χ3v) is 3.28. The second kappa shape index (κ2) is 5.40. The molecule has 1 heterocycles. The van der Waals surface area contributed by atoms with Gasteiger partial charge in [-0.1, -0.05) is 0 Å². The molecule has 0 bridgehead atoms. The van der Waals surface area contributed by atoms with Crippen LogP contribution in [0.15, 0.2) is 28.9 Å². The average Bonchev–Trinajstić information content (AvgIpc) is 2.72. The standard InChI is InChI=1S/C12H11BrFN3O2/c1-17-11(8(5-16-17)12(18)19)6-15-7-2-3-10(14)9(13)4-7/h2-5,15H,6H2,1H3,(H,18,19). The molecule has 0 aliphatic carbocycles. The fraction of sp³-hybridized carbons (Fsp3) is 0.167. The van der Waals surface area contributed by atoms with Crippen LogP contribution in [0.1, 0.15) is 16.1 Å². The van der Waals surface area contributed by atoms with Crippen molar-refractivity contribution in [2.24, 2.45) is 7.05 Å². The van der Waals surface area contributed by atoms with E-state index in [1.54, 1.807) is 19.2 Å². The summed E-state index contributed by atoms with van der Waals surface area (Å²) in [6.45, 7) is 0.288. The zero-order valence-corrected chi connectivity index (χ0v) is 11.6. The summed E-state index contributed by atoms with van der Waals surface area (Å²) >= 11 is 3.09. The topological polar surface area (TPSA) is 67.2 Å². The Balaban J connectivity index is 2.16. The van der Waals surface area contributed by atoms with Crippen LogP contribution in [0, 0.1) is 5.82 Å². The van der Waals surface area contributed by atoms with E-state index in [1.807, 2.05) is 0 Å². The monoisotopic (exact) mass is 327 g/mol.